The molecular formula is C35H66N12O11S. The number of carboxylic acid groups (broad SMARTS) is 1. The minimum atomic E-state index is -1.71. The SMILES string of the molecule is CSCC[C@H](NC(=O)[C@H](C)N)C(=O)N[C@@H](CC(N)=O)C(=O)N[C@@H](CO)C(=O)N[C@@H](CCCCN)C(=O)N[C@@H](CCCCN)C(=O)NCC(=O)N[C@@H](CCCCN)C(=O)O. The molecule has 0 rings (SSSR count). The number of thioether (sulfide) groups is 1. The summed E-state index contributed by atoms with van der Waals surface area (Å²) in [5, 5.41) is 36.4. The van der Waals surface area contributed by atoms with Gasteiger partial charge in [0, 0.05) is 0 Å². The van der Waals surface area contributed by atoms with Crippen LogP contribution in [0.25, 0.3) is 0 Å². The van der Waals surface area contributed by atoms with Gasteiger partial charge in [0.15, 0.2) is 0 Å². The van der Waals surface area contributed by atoms with Crippen molar-refractivity contribution < 1.29 is 53.4 Å². The van der Waals surface area contributed by atoms with Crippen LogP contribution in [0, 0.1) is 0 Å². The van der Waals surface area contributed by atoms with Gasteiger partial charge < -0.3 is 76.1 Å². The number of nitrogens with one attached hydrogen (secondary N) is 7. The molecule has 0 spiro atoms. The molecule has 0 radical (unpaired) electrons. The van der Waals surface area contributed by atoms with E-state index in [-0.39, 0.29) is 38.8 Å². The van der Waals surface area contributed by atoms with Crippen molar-refractivity contribution in [1.82, 2.24) is 37.2 Å². The first kappa shape index (κ1) is 54.4. The summed E-state index contributed by atoms with van der Waals surface area (Å²) in [7, 11) is 0. The van der Waals surface area contributed by atoms with E-state index in [1.165, 1.54) is 18.7 Å². The van der Waals surface area contributed by atoms with Crippen LogP contribution in [0.5, 0.6) is 0 Å². The topological polar surface area (TPSA) is 408 Å². The average molecular weight is 863 g/mol. The second-order valence-electron chi connectivity index (χ2n) is 13.8. The van der Waals surface area contributed by atoms with Gasteiger partial charge in [-0.05, 0) is 103 Å². The first-order chi connectivity index (χ1) is 27.9. The van der Waals surface area contributed by atoms with E-state index >= 15 is 0 Å². The minimum absolute atomic E-state index is 0.00603. The number of unbranched alkanes of at least 4 members (excludes halogenated alkanes) is 3. The zero-order valence-electron chi connectivity index (χ0n) is 33.9. The molecule has 0 saturated heterocycles. The van der Waals surface area contributed by atoms with Crippen molar-refractivity contribution in [3.8, 4) is 0 Å². The van der Waals surface area contributed by atoms with Crippen LogP contribution in [0.15, 0.2) is 0 Å². The van der Waals surface area contributed by atoms with Crippen LogP contribution >= 0.6 is 11.8 Å². The van der Waals surface area contributed by atoms with Gasteiger partial charge in [-0.25, -0.2) is 4.79 Å². The first-order valence-corrected chi connectivity index (χ1v) is 20.9. The van der Waals surface area contributed by atoms with E-state index in [1.807, 2.05) is 0 Å². The van der Waals surface area contributed by atoms with Gasteiger partial charge in [-0.15, -0.1) is 0 Å². The molecule has 338 valence electrons. The molecule has 0 aliphatic heterocycles. The quantitative estimate of drug-likeness (QED) is 0.0274. The van der Waals surface area contributed by atoms with E-state index in [9.17, 15) is 53.4 Å². The number of aliphatic hydroxyl groups excluding tert-OH is 1. The van der Waals surface area contributed by atoms with Crippen molar-refractivity contribution >= 4 is 65.0 Å². The van der Waals surface area contributed by atoms with Gasteiger partial charge in [0.25, 0.3) is 0 Å². The number of rotatable bonds is 33. The molecule has 0 fully saturated rings. The molecule has 23 nitrogen and oxygen atoms in total. The molecule has 8 amide bonds. The number of carboxylic acids is 1. The lowest BCUT2D eigenvalue weighted by atomic mass is 10.0. The van der Waals surface area contributed by atoms with Gasteiger partial charge in [-0.1, -0.05) is 0 Å². The lowest BCUT2D eigenvalue weighted by Gasteiger charge is -2.26. The monoisotopic (exact) mass is 862 g/mol. The Kier molecular flexibility index (Phi) is 28.9. The maximum absolute atomic E-state index is 13.6. The van der Waals surface area contributed by atoms with Crippen LogP contribution in [-0.4, -0.2) is 151 Å². The summed E-state index contributed by atoms with van der Waals surface area (Å²) in [6.45, 7) is 0.695. The number of nitrogens with two attached hydrogens (primary N) is 5. The molecule has 0 bridgehead atoms. The third-order valence-corrected chi connectivity index (χ3v) is 9.32. The lowest BCUT2D eigenvalue weighted by molar-refractivity contribution is -0.142. The molecule has 0 aliphatic rings. The van der Waals surface area contributed by atoms with Gasteiger partial charge in [-0.3, -0.25) is 38.4 Å². The normalized spacial score (nSPS) is 14.5. The largest absolute Gasteiger partial charge is 0.480 e. The average Bonchev–Trinajstić information content (AvgIpc) is 3.18. The Bertz CT molecular complexity index is 1380. The maximum atomic E-state index is 13.6. The van der Waals surface area contributed by atoms with Crippen molar-refractivity contribution in [2.24, 2.45) is 28.7 Å². The number of aliphatic hydroxyl groups is 1. The van der Waals surface area contributed by atoms with Crippen LogP contribution < -0.4 is 65.9 Å². The van der Waals surface area contributed by atoms with Crippen molar-refractivity contribution in [2.45, 2.75) is 120 Å². The first-order valence-electron chi connectivity index (χ1n) is 19.5. The summed E-state index contributed by atoms with van der Waals surface area (Å²) < 4.78 is 0. The second-order valence-corrected chi connectivity index (χ2v) is 14.7. The molecule has 0 aromatic rings. The maximum Gasteiger partial charge on any atom is 0.326 e. The lowest BCUT2D eigenvalue weighted by Crippen LogP contribution is -2.60. The van der Waals surface area contributed by atoms with E-state index < -0.39 is 115 Å². The van der Waals surface area contributed by atoms with E-state index in [4.69, 9.17) is 28.7 Å². The number of carbonyl (C=O) groups is 9. The van der Waals surface area contributed by atoms with Gasteiger partial charge >= 0.3 is 5.97 Å². The fourth-order valence-corrected chi connectivity index (χ4v) is 5.78. The Morgan fingerprint density at radius 2 is 0.966 bits per heavy atom. The van der Waals surface area contributed by atoms with Crippen molar-refractivity contribution in [2.75, 3.05) is 44.8 Å². The van der Waals surface area contributed by atoms with Crippen molar-refractivity contribution in [3.05, 3.63) is 0 Å². The Morgan fingerprint density at radius 3 is 1.41 bits per heavy atom. The third kappa shape index (κ3) is 23.5. The Morgan fingerprint density at radius 1 is 0.559 bits per heavy atom. The van der Waals surface area contributed by atoms with Crippen LogP contribution in [-0.2, 0) is 43.2 Å². The summed E-state index contributed by atoms with van der Waals surface area (Å²) in [5.74, 6) is -7.83. The van der Waals surface area contributed by atoms with Gasteiger partial charge in [0.2, 0.25) is 47.3 Å². The fourth-order valence-electron chi connectivity index (χ4n) is 5.31. The highest BCUT2D eigenvalue weighted by molar-refractivity contribution is 7.98. The number of aliphatic carboxylic acids is 1. The zero-order chi connectivity index (χ0) is 44.9. The van der Waals surface area contributed by atoms with Gasteiger partial charge in [0.05, 0.1) is 25.6 Å². The van der Waals surface area contributed by atoms with Crippen molar-refractivity contribution in [1.29, 1.82) is 0 Å². The Balaban J connectivity index is 6.03. The molecule has 24 heteroatoms. The molecule has 0 unspecified atom stereocenters. The van der Waals surface area contributed by atoms with E-state index in [1.54, 1.807) is 6.26 Å². The summed E-state index contributed by atoms with van der Waals surface area (Å²) in [6.07, 6.45) is 4.04. The minimum Gasteiger partial charge on any atom is -0.480 e. The Labute approximate surface area is 348 Å². The van der Waals surface area contributed by atoms with Crippen molar-refractivity contribution in [3.63, 3.8) is 0 Å². The standard InChI is InChI=1S/C35H66N12O11S/c1-20(39)29(51)43-23(12-16-59-2)32(54)46-25(17-27(40)49)33(55)47-26(19-48)34(56)45-22(10-4-7-14-37)31(53)44-21(9-3-6-13-36)30(52)41-18-28(50)42-24(35(57)58)11-5-8-15-38/h20-26,48H,3-19,36-39H2,1-2H3,(H2,40,49)(H,41,52)(H,42,50)(H,43,51)(H,44,53)(H,45,56)(H,46,54)(H,47,55)(H,57,58)/t20-,21-,22-,23-,24-,25-,26-/m0/s1. The van der Waals surface area contributed by atoms with Crippen LogP contribution in [0.1, 0.15) is 77.6 Å². The van der Waals surface area contributed by atoms with Crippen LogP contribution in [0.4, 0.5) is 0 Å². The highest BCUT2D eigenvalue weighted by Crippen LogP contribution is 2.08. The van der Waals surface area contributed by atoms with Crippen LogP contribution in [0.3, 0.4) is 0 Å². The molecular weight excluding hydrogens is 797 g/mol. The molecule has 7 atom stereocenters. The van der Waals surface area contributed by atoms with E-state index in [2.05, 4.69) is 37.2 Å². The molecule has 59 heavy (non-hydrogen) atoms. The summed E-state index contributed by atoms with van der Waals surface area (Å²) in [6, 6.07) is -9.21. The summed E-state index contributed by atoms with van der Waals surface area (Å²) in [5.41, 5.74) is 27.6. The van der Waals surface area contributed by atoms with Crippen LogP contribution in [0.2, 0.25) is 0 Å². The highest BCUT2D eigenvalue weighted by atomic mass is 32.2. The predicted molar refractivity (Wildman–Crippen MR) is 218 cm³/mol. The number of amides is 8. The second kappa shape index (κ2) is 31.3. The zero-order valence-corrected chi connectivity index (χ0v) is 34.7. The predicted octanol–water partition coefficient (Wildman–Crippen LogP) is -5.55. The smallest absolute Gasteiger partial charge is 0.326 e. The molecule has 0 saturated carbocycles. The molecule has 0 heterocycles. The van der Waals surface area contributed by atoms with E-state index in [0.29, 0.717) is 50.8 Å². The summed E-state index contributed by atoms with van der Waals surface area (Å²) in [4.78, 5) is 115. The third-order valence-electron chi connectivity index (χ3n) is 8.67. The Hall–Kier alpha value is -4.62. The van der Waals surface area contributed by atoms with Gasteiger partial charge in [0.1, 0.15) is 36.3 Å². The number of carbonyl (C=O) groups excluding carboxylic acids is 8. The summed E-state index contributed by atoms with van der Waals surface area (Å²) >= 11 is 1.38. The fraction of sp³-hybridized carbons (Fsp3) is 0.743. The number of hydrogen-bond donors (Lipinski definition) is 14. The molecule has 0 aliphatic carbocycles. The number of primary amides is 1. The van der Waals surface area contributed by atoms with Gasteiger partial charge in [-0.2, -0.15) is 11.8 Å². The van der Waals surface area contributed by atoms with E-state index in [0.717, 1.165) is 0 Å². The molecule has 0 aromatic heterocycles. The molecule has 0 aromatic carbocycles. The number of hydrogen-bond acceptors (Lipinski definition) is 15. The highest BCUT2D eigenvalue weighted by Gasteiger charge is 2.33. The molecule has 19 N–H and O–H groups in total.